The van der Waals surface area contributed by atoms with Gasteiger partial charge < -0.3 is 10.2 Å². The number of aromatic nitrogens is 1. The summed E-state index contributed by atoms with van der Waals surface area (Å²) in [6.45, 7) is 5.60. The average molecular weight is 385 g/mol. The van der Waals surface area contributed by atoms with Crippen molar-refractivity contribution in [2.24, 2.45) is 5.92 Å². The highest BCUT2D eigenvalue weighted by Gasteiger charge is 2.34. The molecular formula is C22H32N4O2. The van der Waals surface area contributed by atoms with Gasteiger partial charge in [-0.1, -0.05) is 6.92 Å². The fourth-order valence-electron chi connectivity index (χ4n) is 4.52. The number of nitrogens with zero attached hydrogens (tertiary/aromatic N) is 3. The monoisotopic (exact) mass is 384 g/mol. The number of hydrogen-bond donors (Lipinski definition) is 1. The molecule has 0 spiro atoms. The molecule has 28 heavy (non-hydrogen) atoms. The maximum absolute atomic E-state index is 12.8. The third-order valence-corrected chi connectivity index (χ3v) is 6.44. The largest absolute Gasteiger partial charge is 0.353 e. The first-order valence-corrected chi connectivity index (χ1v) is 10.9. The number of rotatable bonds is 5. The second-order valence-corrected chi connectivity index (χ2v) is 8.53. The summed E-state index contributed by atoms with van der Waals surface area (Å²) in [5, 5.41) is 3.17. The first-order chi connectivity index (χ1) is 13.6. The maximum Gasteiger partial charge on any atom is 0.253 e. The van der Waals surface area contributed by atoms with Crippen LogP contribution in [-0.4, -0.2) is 64.9 Å². The Morgan fingerprint density at radius 1 is 1.14 bits per heavy atom. The van der Waals surface area contributed by atoms with E-state index in [1.165, 1.54) is 0 Å². The first kappa shape index (κ1) is 19.4. The molecule has 3 heterocycles. The lowest BCUT2D eigenvalue weighted by atomic mass is 9.93. The van der Waals surface area contributed by atoms with Crippen molar-refractivity contribution in [2.45, 2.75) is 64.0 Å². The van der Waals surface area contributed by atoms with Crippen molar-refractivity contribution in [1.82, 2.24) is 20.1 Å². The fraction of sp³-hybridized carbons (Fsp3) is 0.682. The zero-order valence-corrected chi connectivity index (χ0v) is 16.9. The van der Waals surface area contributed by atoms with Gasteiger partial charge >= 0.3 is 0 Å². The molecule has 3 aliphatic rings. The van der Waals surface area contributed by atoms with Crippen molar-refractivity contribution >= 4 is 11.8 Å². The lowest BCUT2D eigenvalue weighted by Gasteiger charge is -2.42. The molecule has 152 valence electrons. The van der Waals surface area contributed by atoms with E-state index in [0.29, 0.717) is 12.1 Å². The van der Waals surface area contributed by atoms with Crippen LogP contribution in [0.5, 0.6) is 0 Å². The Morgan fingerprint density at radius 2 is 1.93 bits per heavy atom. The second kappa shape index (κ2) is 8.60. The summed E-state index contributed by atoms with van der Waals surface area (Å²) in [6, 6.07) is 4.67. The number of hydrogen-bond acceptors (Lipinski definition) is 4. The van der Waals surface area contributed by atoms with Crippen LogP contribution in [0.2, 0.25) is 0 Å². The molecule has 0 bridgehead atoms. The molecule has 1 unspecified atom stereocenters. The van der Waals surface area contributed by atoms with Gasteiger partial charge in [0.05, 0.1) is 5.92 Å². The quantitative estimate of drug-likeness (QED) is 0.846. The molecule has 2 aliphatic heterocycles. The number of nitrogens with one attached hydrogen (secondary N) is 1. The minimum absolute atomic E-state index is 0.121. The summed E-state index contributed by atoms with van der Waals surface area (Å²) in [7, 11) is 0. The molecule has 6 nitrogen and oxygen atoms in total. The highest BCUT2D eigenvalue weighted by atomic mass is 16.2. The number of likely N-dealkylation sites (tertiary alicyclic amines) is 2. The Bertz CT molecular complexity index is 710. The van der Waals surface area contributed by atoms with E-state index in [1.807, 2.05) is 17.0 Å². The van der Waals surface area contributed by atoms with Crippen molar-refractivity contribution in [1.29, 1.82) is 0 Å². The van der Waals surface area contributed by atoms with Crippen molar-refractivity contribution in [2.75, 3.05) is 26.2 Å². The smallest absolute Gasteiger partial charge is 0.253 e. The Kier molecular flexibility index (Phi) is 5.95. The van der Waals surface area contributed by atoms with Crippen molar-refractivity contribution < 1.29 is 9.59 Å². The Balaban J connectivity index is 1.29. The topological polar surface area (TPSA) is 65.5 Å². The molecule has 6 heteroatoms. The van der Waals surface area contributed by atoms with Crippen LogP contribution in [0.4, 0.5) is 0 Å². The van der Waals surface area contributed by atoms with Crippen molar-refractivity contribution in [3.05, 3.63) is 29.6 Å². The highest BCUT2D eigenvalue weighted by Crippen LogP contribution is 2.26. The van der Waals surface area contributed by atoms with E-state index >= 15 is 0 Å². The van der Waals surface area contributed by atoms with Crippen LogP contribution < -0.4 is 5.32 Å². The van der Waals surface area contributed by atoms with Crippen LogP contribution in [0.15, 0.2) is 18.3 Å². The van der Waals surface area contributed by atoms with Gasteiger partial charge in [0, 0.05) is 49.2 Å². The van der Waals surface area contributed by atoms with E-state index in [0.717, 1.165) is 82.4 Å². The van der Waals surface area contributed by atoms with Gasteiger partial charge in [0.15, 0.2) is 0 Å². The van der Waals surface area contributed by atoms with Crippen molar-refractivity contribution in [3.8, 4) is 0 Å². The first-order valence-electron chi connectivity index (χ1n) is 10.9. The molecule has 2 amide bonds. The van der Waals surface area contributed by atoms with Crippen molar-refractivity contribution in [3.63, 3.8) is 0 Å². The number of pyridine rings is 1. The molecule has 3 fully saturated rings. The average Bonchev–Trinajstić information content (AvgIpc) is 3.57. The zero-order chi connectivity index (χ0) is 19.5. The van der Waals surface area contributed by atoms with Gasteiger partial charge in [0.2, 0.25) is 5.91 Å². The zero-order valence-electron chi connectivity index (χ0n) is 16.9. The number of piperidine rings is 2. The molecule has 1 N–H and O–H groups in total. The maximum atomic E-state index is 12.8. The van der Waals surface area contributed by atoms with Crippen LogP contribution in [0.1, 0.15) is 61.5 Å². The molecule has 0 aromatic carbocycles. The Labute approximate surface area is 167 Å². The lowest BCUT2D eigenvalue weighted by molar-refractivity contribution is -0.127. The van der Waals surface area contributed by atoms with Crippen LogP contribution in [0.25, 0.3) is 0 Å². The number of aryl methyl sites for hydroxylation is 1. The number of carbonyl (C=O) groups excluding carboxylic acids is 2. The summed E-state index contributed by atoms with van der Waals surface area (Å²) >= 11 is 0. The summed E-state index contributed by atoms with van der Waals surface area (Å²) in [6.07, 6.45) is 8.96. The van der Waals surface area contributed by atoms with E-state index < -0.39 is 0 Å². The normalized spacial score (nSPS) is 24.2. The van der Waals surface area contributed by atoms with E-state index in [2.05, 4.69) is 22.1 Å². The van der Waals surface area contributed by atoms with Gasteiger partial charge in [-0.05, 0) is 63.6 Å². The predicted molar refractivity (Wildman–Crippen MR) is 108 cm³/mol. The highest BCUT2D eigenvalue weighted by molar-refractivity contribution is 5.94. The molecule has 1 aromatic heterocycles. The van der Waals surface area contributed by atoms with E-state index in [-0.39, 0.29) is 17.7 Å². The van der Waals surface area contributed by atoms with Gasteiger partial charge in [-0.2, -0.15) is 0 Å². The molecule has 2 saturated heterocycles. The van der Waals surface area contributed by atoms with E-state index in [1.54, 1.807) is 6.20 Å². The van der Waals surface area contributed by atoms with Gasteiger partial charge in [0.25, 0.3) is 5.91 Å². The fourth-order valence-corrected chi connectivity index (χ4v) is 4.52. The molecular weight excluding hydrogens is 352 g/mol. The molecule has 0 radical (unpaired) electrons. The lowest BCUT2D eigenvalue weighted by Crippen LogP contribution is -2.51. The minimum atomic E-state index is 0.121. The van der Waals surface area contributed by atoms with E-state index in [4.69, 9.17) is 0 Å². The van der Waals surface area contributed by atoms with Crippen LogP contribution in [0.3, 0.4) is 0 Å². The third kappa shape index (κ3) is 4.54. The van der Waals surface area contributed by atoms with Crippen LogP contribution in [0, 0.1) is 5.92 Å². The molecule has 1 aromatic rings. The Hall–Kier alpha value is -1.95. The standard InChI is InChI=1S/C22H32N4O2/c1-2-18-14-16(7-10-23-18)22(28)25-12-8-20(9-13-25)26-11-3-4-17(15-26)21(27)24-19-5-6-19/h7,10,14,17,19-20H,2-6,8-9,11-13,15H2,1H3,(H,24,27). The van der Waals surface area contributed by atoms with E-state index in [9.17, 15) is 9.59 Å². The summed E-state index contributed by atoms with van der Waals surface area (Å²) in [5.74, 6) is 0.512. The Morgan fingerprint density at radius 3 is 2.64 bits per heavy atom. The summed E-state index contributed by atoms with van der Waals surface area (Å²) in [5.41, 5.74) is 1.71. The predicted octanol–water partition coefficient (Wildman–Crippen LogP) is 2.24. The SMILES string of the molecule is CCc1cc(C(=O)N2CCC(N3CCCC(C(=O)NC4CC4)C3)CC2)ccn1. The van der Waals surface area contributed by atoms with Gasteiger partial charge in [-0.25, -0.2) is 0 Å². The molecule has 1 saturated carbocycles. The van der Waals surface area contributed by atoms with Crippen LogP contribution in [-0.2, 0) is 11.2 Å². The second-order valence-electron chi connectivity index (χ2n) is 8.53. The summed E-state index contributed by atoms with van der Waals surface area (Å²) < 4.78 is 0. The molecule has 1 aliphatic carbocycles. The van der Waals surface area contributed by atoms with Gasteiger partial charge in [-0.15, -0.1) is 0 Å². The molecule has 1 atom stereocenters. The number of carbonyl (C=O) groups is 2. The number of amides is 2. The van der Waals surface area contributed by atoms with Gasteiger partial charge in [-0.3, -0.25) is 19.5 Å². The molecule has 4 rings (SSSR count). The third-order valence-electron chi connectivity index (χ3n) is 6.44. The minimum Gasteiger partial charge on any atom is -0.353 e. The van der Waals surface area contributed by atoms with Crippen LogP contribution >= 0.6 is 0 Å². The van der Waals surface area contributed by atoms with Gasteiger partial charge in [0.1, 0.15) is 0 Å². The summed E-state index contributed by atoms with van der Waals surface area (Å²) in [4.78, 5) is 34.0.